The number of carbonyl (C=O) groups is 3. The molecule has 1 unspecified atom stereocenters. The van der Waals surface area contributed by atoms with Gasteiger partial charge >= 0.3 is 29.0 Å². The lowest BCUT2D eigenvalue weighted by Gasteiger charge is -2.29. The summed E-state index contributed by atoms with van der Waals surface area (Å²) in [5.41, 5.74) is 0. The van der Waals surface area contributed by atoms with Gasteiger partial charge in [-0.2, -0.15) is 0 Å². The van der Waals surface area contributed by atoms with E-state index in [0.29, 0.717) is 38.5 Å². The number of nitrogens with one attached hydrogen (secondary N) is 2. The Bertz CT molecular complexity index is 1200. The van der Waals surface area contributed by atoms with Gasteiger partial charge in [-0.15, -0.1) is 0 Å². The van der Waals surface area contributed by atoms with Gasteiger partial charge in [0.2, 0.25) is 11.8 Å². The SMILES string of the molecule is CCCCCCCCCCCCCCCC(=O)OCCOP(=O)(O)OCCNC(=O)CCC/C=C/CCCCC(=O)NCCCC(O)(P(=O)(O)O)P(=O)(O)O. The van der Waals surface area contributed by atoms with Gasteiger partial charge in [-0.1, -0.05) is 96.1 Å². The molecule has 0 heterocycles. The minimum atomic E-state index is -5.52. The van der Waals surface area contributed by atoms with Crippen LogP contribution in [0.5, 0.6) is 0 Å². The molecule has 55 heavy (non-hydrogen) atoms. The van der Waals surface area contributed by atoms with E-state index in [1.165, 1.54) is 64.2 Å². The third-order valence-corrected chi connectivity index (χ3v) is 13.6. The maximum atomic E-state index is 12.0. The fraction of sp³-hybridized carbons (Fsp3) is 0.857. The molecule has 0 fully saturated rings. The average molecular weight is 851 g/mol. The second-order valence-electron chi connectivity index (χ2n) is 13.6. The second kappa shape index (κ2) is 31.5. The summed E-state index contributed by atoms with van der Waals surface area (Å²) < 4.78 is 49.4. The largest absolute Gasteiger partial charge is 0.472 e. The van der Waals surface area contributed by atoms with Gasteiger partial charge in [0, 0.05) is 38.8 Å². The molecule has 0 aromatic heterocycles. The zero-order chi connectivity index (χ0) is 41.5. The summed E-state index contributed by atoms with van der Waals surface area (Å²) in [6.45, 7) is 1.41. The van der Waals surface area contributed by atoms with E-state index in [9.17, 15) is 38.1 Å². The van der Waals surface area contributed by atoms with Crippen molar-refractivity contribution in [1.82, 2.24) is 10.6 Å². The number of ether oxygens (including phenoxy) is 1. The Labute approximate surface area is 327 Å². The summed E-state index contributed by atoms with van der Waals surface area (Å²) in [7, 11) is -15.4. The zero-order valence-corrected chi connectivity index (χ0v) is 35.3. The van der Waals surface area contributed by atoms with Crippen LogP contribution in [0.2, 0.25) is 0 Å². The first-order chi connectivity index (χ1) is 25.9. The number of aliphatic hydroxyl groups is 1. The number of unbranched alkanes of at least 4 members (excludes halogenated alkanes) is 15. The first-order valence-electron chi connectivity index (χ1n) is 19.7. The molecule has 17 nitrogen and oxygen atoms in total. The molecule has 0 saturated carbocycles. The van der Waals surface area contributed by atoms with Crippen LogP contribution < -0.4 is 10.6 Å². The fourth-order valence-electron chi connectivity index (χ4n) is 5.41. The minimum absolute atomic E-state index is 0.00722. The molecule has 0 aliphatic rings. The van der Waals surface area contributed by atoms with Crippen molar-refractivity contribution in [2.24, 2.45) is 0 Å². The van der Waals surface area contributed by atoms with Gasteiger partial charge in [0.1, 0.15) is 6.61 Å². The van der Waals surface area contributed by atoms with E-state index in [4.69, 9.17) is 33.4 Å². The Morgan fingerprint density at radius 2 is 1.02 bits per heavy atom. The normalized spacial score (nSPS) is 13.5. The van der Waals surface area contributed by atoms with Crippen LogP contribution >= 0.6 is 23.0 Å². The van der Waals surface area contributed by atoms with Crippen LogP contribution in [0, 0.1) is 0 Å². The highest BCUT2D eigenvalue weighted by atomic mass is 31.2. The van der Waals surface area contributed by atoms with Crippen molar-refractivity contribution in [3.63, 3.8) is 0 Å². The second-order valence-corrected chi connectivity index (χ2v) is 19.1. The van der Waals surface area contributed by atoms with Gasteiger partial charge in [-0.05, 0) is 44.9 Å². The number of esters is 1. The highest BCUT2D eigenvalue weighted by Crippen LogP contribution is 2.69. The number of rotatable bonds is 37. The number of amides is 2. The van der Waals surface area contributed by atoms with Gasteiger partial charge in [-0.25, -0.2) is 4.57 Å². The van der Waals surface area contributed by atoms with Crippen molar-refractivity contribution in [2.45, 2.75) is 160 Å². The van der Waals surface area contributed by atoms with Crippen LogP contribution in [0.25, 0.3) is 0 Å². The molecule has 0 radical (unpaired) electrons. The molecule has 8 N–H and O–H groups in total. The summed E-state index contributed by atoms with van der Waals surface area (Å²) in [6, 6.07) is 0. The molecule has 0 saturated heterocycles. The molecular weight excluding hydrogens is 781 g/mol. The molecule has 20 heteroatoms. The summed E-state index contributed by atoms with van der Waals surface area (Å²) in [6.07, 6.45) is 22.3. The Hall–Kier alpha value is -1.48. The fourth-order valence-corrected chi connectivity index (χ4v) is 8.37. The molecule has 1 atom stereocenters. The topological polar surface area (TPSA) is 276 Å². The van der Waals surface area contributed by atoms with Crippen molar-refractivity contribution >= 4 is 40.8 Å². The van der Waals surface area contributed by atoms with Gasteiger partial charge in [0.05, 0.1) is 13.2 Å². The summed E-state index contributed by atoms with van der Waals surface area (Å²) in [4.78, 5) is 82.0. The Morgan fingerprint density at radius 3 is 1.56 bits per heavy atom. The molecule has 0 aromatic rings. The van der Waals surface area contributed by atoms with E-state index < -0.39 is 34.5 Å². The van der Waals surface area contributed by atoms with E-state index in [2.05, 4.69) is 17.6 Å². The van der Waals surface area contributed by atoms with Crippen LogP contribution in [0.15, 0.2) is 12.2 Å². The minimum Gasteiger partial charge on any atom is -0.463 e. The van der Waals surface area contributed by atoms with Gasteiger partial charge < -0.3 is 44.9 Å². The van der Waals surface area contributed by atoms with Gasteiger partial charge in [-0.3, -0.25) is 32.6 Å². The van der Waals surface area contributed by atoms with Gasteiger partial charge in [0.15, 0.2) is 0 Å². The molecule has 324 valence electrons. The Morgan fingerprint density at radius 1 is 0.564 bits per heavy atom. The van der Waals surface area contributed by atoms with Crippen LogP contribution in [0.1, 0.15) is 155 Å². The molecule has 0 aliphatic carbocycles. The van der Waals surface area contributed by atoms with Crippen LogP contribution in [-0.4, -0.2) is 85.4 Å². The number of phosphoric ester groups is 1. The van der Waals surface area contributed by atoms with Crippen molar-refractivity contribution in [3.8, 4) is 0 Å². The molecule has 0 aliphatic heterocycles. The molecule has 0 rings (SSSR count). The monoisotopic (exact) mass is 850 g/mol. The van der Waals surface area contributed by atoms with Crippen molar-refractivity contribution in [2.75, 3.05) is 32.9 Å². The first kappa shape index (κ1) is 53.5. The lowest BCUT2D eigenvalue weighted by Crippen LogP contribution is -2.31. The van der Waals surface area contributed by atoms with Gasteiger partial charge in [0.25, 0.3) is 5.08 Å². The summed E-state index contributed by atoms with van der Waals surface area (Å²) >= 11 is 0. The quantitative estimate of drug-likeness (QED) is 0.0144. The number of carbonyl (C=O) groups excluding carboxylic acids is 3. The molecule has 0 aromatic carbocycles. The number of hydrogen-bond acceptors (Lipinski definition) is 10. The third kappa shape index (κ3) is 29.4. The smallest absolute Gasteiger partial charge is 0.463 e. The standard InChI is InChI=1S/C35H69N2O15P3/c1-2-3-4-5-6-7-8-9-10-11-15-18-21-25-34(40)50-30-31-52-55(48,49)51-29-28-37-33(39)24-20-17-14-12-13-16-19-23-32(38)36-27-22-26-35(41,53(42,43)44)54(45,46)47/h12,14,41H,2-11,13,15-31H2,1H3,(H,36,38)(H,37,39)(H,48,49)(H2,42,43,44)(H2,45,46,47)/b14-12+. The highest BCUT2D eigenvalue weighted by Gasteiger charge is 2.58. The van der Waals surface area contributed by atoms with E-state index in [1.54, 1.807) is 0 Å². The highest BCUT2D eigenvalue weighted by molar-refractivity contribution is 7.72. The van der Waals surface area contributed by atoms with E-state index in [0.717, 1.165) is 19.3 Å². The van der Waals surface area contributed by atoms with Crippen LogP contribution in [-0.2, 0) is 41.9 Å². The van der Waals surface area contributed by atoms with E-state index in [-0.39, 0.29) is 70.0 Å². The first-order valence-corrected chi connectivity index (χ1v) is 24.5. The Balaban J connectivity index is 3.74. The maximum Gasteiger partial charge on any atom is 0.472 e. The molecular formula is C35H69N2O15P3. The maximum absolute atomic E-state index is 12.0. The third-order valence-electron chi connectivity index (χ3n) is 8.67. The number of allylic oxidation sites excluding steroid dienone is 2. The van der Waals surface area contributed by atoms with E-state index >= 15 is 0 Å². The van der Waals surface area contributed by atoms with Crippen LogP contribution in [0.3, 0.4) is 0 Å². The van der Waals surface area contributed by atoms with E-state index in [1.807, 2.05) is 12.2 Å². The summed E-state index contributed by atoms with van der Waals surface area (Å²) in [5.74, 6) is -0.972. The predicted octanol–water partition coefficient (Wildman–Crippen LogP) is 6.45. The number of phosphoric acid groups is 1. The predicted molar refractivity (Wildman–Crippen MR) is 209 cm³/mol. The van der Waals surface area contributed by atoms with Crippen LogP contribution in [0.4, 0.5) is 0 Å². The van der Waals surface area contributed by atoms with Crippen molar-refractivity contribution < 1.29 is 71.4 Å². The molecule has 0 spiro atoms. The lowest BCUT2D eigenvalue weighted by atomic mass is 10.0. The van der Waals surface area contributed by atoms with Crippen molar-refractivity contribution in [1.29, 1.82) is 0 Å². The Kier molecular flexibility index (Phi) is 30.7. The van der Waals surface area contributed by atoms with Crippen molar-refractivity contribution in [3.05, 3.63) is 12.2 Å². The summed E-state index contributed by atoms with van der Waals surface area (Å²) in [5, 5.41) is 11.4. The molecule has 2 amide bonds. The molecule has 0 bridgehead atoms. The number of hydrogen-bond donors (Lipinski definition) is 8. The lowest BCUT2D eigenvalue weighted by molar-refractivity contribution is -0.144. The zero-order valence-electron chi connectivity index (χ0n) is 32.7. The average Bonchev–Trinajstić information content (AvgIpc) is 3.10.